The standard InChI is InChI=1S/C22H16N4O2/c23-9-14-2-1-3-17(6-14)28-18-7-16(11-25-12-18)15-4-5-19-20(8-15)21(10-24)26-13-22(19)27/h1-8,11-12H,10,13,24H2. The van der Waals surface area contributed by atoms with Gasteiger partial charge in [0, 0.05) is 29.4 Å². The van der Waals surface area contributed by atoms with Gasteiger partial charge in [-0.05, 0) is 35.9 Å². The highest BCUT2D eigenvalue weighted by Gasteiger charge is 2.20. The molecular weight excluding hydrogens is 352 g/mol. The van der Waals surface area contributed by atoms with E-state index < -0.39 is 0 Å². The largest absolute Gasteiger partial charge is 0.456 e. The Bertz CT molecular complexity index is 1150. The quantitative estimate of drug-likeness (QED) is 0.761. The van der Waals surface area contributed by atoms with Crippen molar-refractivity contribution in [3.63, 3.8) is 0 Å². The zero-order chi connectivity index (χ0) is 19.5. The summed E-state index contributed by atoms with van der Waals surface area (Å²) < 4.78 is 5.84. The van der Waals surface area contributed by atoms with Gasteiger partial charge < -0.3 is 10.5 Å². The highest BCUT2D eigenvalue weighted by atomic mass is 16.5. The summed E-state index contributed by atoms with van der Waals surface area (Å²) in [4.78, 5) is 20.6. The van der Waals surface area contributed by atoms with E-state index in [0.29, 0.717) is 22.6 Å². The van der Waals surface area contributed by atoms with Crippen molar-refractivity contribution in [2.24, 2.45) is 10.7 Å². The van der Waals surface area contributed by atoms with Gasteiger partial charge in [-0.25, -0.2) is 0 Å². The van der Waals surface area contributed by atoms with Crippen LogP contribution in [0.15, 0.2) is 65.9 Å². The van der Waals surface area contributed by atoms with Gasteiger partial charge in [-0.3, -0.25) is 14.8 Å². The van der Waals surface area contributed by atoms with Gasteiger partial charge in [0.05, 0.1) is 23.5 Å². The molecule has 3 aromatic rings. The number of rotatable bonds is 4. The molecule has 1 aromatic heterocycles. The van der Waals surface area contributed by atoms with E-state index >= 15 is 0 Å². The summed E-state index contributed by atoms with van der Waals surface area (Å²) in [6.45, 7) is 0.423. The summed E-state index contributed by atoms with van der Waals surface area (Å²) in [5.41, 5.74) is 10.2. The van der Waals surface area contributed by atoms with Crippen LogP contribution in [0.3, 0.4) is 0 Å². The number of carbonyl (C=O) groups excluding carboxylic acids is 1. The molecule has 0 amide bonds. The van der Waals surface area contributed by atoms with Crippen molar-refractivity contribution < 1.29 is 9.53 Å². The van der Waals surface area contributed by atoms with Gasteiger partial charge >= 0.3 is 0 Å². The van der Waals surface area contributed by atoms with Crippen molar-refractivity contribution in [1.82, 2.24) is 4.98 Å². The fraction of sp³-hybridized carbons (Fsp3) is 0.0909. The zero-order valence-electron chi connectivity index (χ0n) is 14.9. The molecule has 6 nitrogen and oxygen atoms in total. The lowest BCUT2D eigenvalue weighted by Crippen LogP contribution is -2.24. The third-order valence-electron chi connectivity index (χ3n) is 4.48. The number of nitrogens with zero attached hydrogens (tertiary/aromatic N) is 3. The van der Waals surface area contributed by atoms with Crippen molar-refractivity contribution in [3.8, 4) is 28.7 Å². The van der Waals surface area contributed by atoms with Crippen molar-refractivity contribution in [1.29, 1.82) is 5.26 Å². The van der Waals surface area contributed by atoms with E-state index in [9.17, 15) is 4.79 Å². The normalized spacial score (nSPS) is 12.7. The van der Waals surface area contributed by atoms with Gasteiger partial charge in [0.25, 0.3) is 0 Å². The van der Waals surface area contributed by atoms with E-state index in [0.717, 1.165) is 22.4 Å². The van der Waals surface area contributed by atoms with Crippen LogP contribution in [0.25, 0.3) is 11.1 Å². The third-order valence-corrected chi connectivity index (χ3v) is 4.48. The fourth-order valence-corrected chi connectivity index (χ4v) is 3.12. The van der Waals surface area contributed by atoms with Crippen LogP contribution < -0.4 is 10.5 Å². The number of aromatic nitrogens is 1. The lowest BCUT2D eigenvalue weighted by Gasteiger charge is -2.16. The Labute approximate surface area is 161 Å². The number of ketones is 1. The van der Waals surface area contributed by atoms with Gasteiger partial charge in [-0.15, -0.1) is 0 Å². The number of hydrogen-bond acceptors (Lipinski definition) is 6. The molecule has 0 aliphatic carbocycles. The van der Waals surface area contributed by atoms with Crippen LogP contribution in [-0.4, -0.2) is 29.6 Å². The first-order chi connectivity index (χ1) is 13.7. The van der Waals surface area contributed by atoms with Crippen LogP contribution in [0.2, 0.25) is 0 Å². The average molecular weight is 368 g/mol. The molecule has 4 rings (SSSR count). The molecule has 0 bridgehead atoms. The molecular formula is C22H16N4O2. The second-order valence-electron chi connectivity index (χ2n) is 6.30. The summed E-state index contributed by atoms with van der Waals surface area (Å²) in [6, 6.07) is 16.5. The highest BCUT2D eigenvalue weighted by Crippen LogP contribution is 2.29. The van der Waals surface area contributed by atoms with Gasteiger partial charge in [-0.2, -0.15) is 5.26 Å². The van der Waals surface area contributed by atoms with Crippen molar-refractivity contribution in [2.75, 3.05) is 13.1 Å². The summed E-state index contributed by atoms with van der Waals surface area (Å²) in [6.07, 6.45) is 3.33. The first-order valence-electron chi connectivity index (χ1n) is 8.72. The number of hydrogen-bond donors (Lipinski definition) is 1. The summed E-state index contributed by atoms with van der Waals surface area (Å²) >= 11 is 0. The predicted molar refractivity (Wildman–Crippen MR) is 106 cm³/mol. The molecule has 28 heavy (non-hydrogen) atoms. The van der Waals surface area contributed by atoms with Gasteiger partial charge in [-0.1, -0.05) is 18.2 Å². The lowest BCUT2D eigenvalue weighted by atomic mass is 9.93. The molecule has 136 valence electrons. The van der Waals surface area contributed by atoms with Gasteiger partial charge in [0.15, 0.2) is 5.78 Å². The lowest BCUT2D eigenvalue weighted by molar-refractivity contribution is 0.1000. The maximum atomic E-state index is 12.1. The number of ether oxygens (including phenoxy) is 1. The smallest absolute Gasteiger partial charge is 0.184 e. The van der Waals surface area contributed by atoms with Gasteiger partial charge in [0.1, 0.15) is 18.0 Å². The zero-order valence-corrected chi connectivity index (χ0v) is 14.9. The predicted octanol–water partition coefficient (Wildman–Crippen LogP) is 3.36. The minimum atomic E-state index is -0.00802. The number of aliphatic imine (C=N–C) groups is 1. The van der Waals surface area contributed by atoms with Crippen molar-refractivity contribution >= 4 is 11.5 Å². The Hall–Kier alpha value is -3.82. The van der Waals surface area contributed by atoms with E-state index in [1.807, 2.05) is 18.2 Å². The summed E-state index contributed by atoms with van der Waals surface area (Å²) in [7, 11) is 0. The van der Waals surface area contributed by atoms with E-state index in [1.54, 1.807) is 42.7 Å². The number of fused-ring (bicyclic) bond motifs is 1. The maximum absolute atomic E-state index is 12.1. The van der Waals surface area contributed by atoms with Crippen LogP contribution in [0.5, 0.6) is 11.5 Å². The number of pyridine rings is 1. The summed E-state index contributed by atoms with van der Waals surface area (Å²) in [5, 5.41) is 9.02. The Morgan fingerprint density at radius 1 is 1.04 bits per heavy atom. The Morgan fingerprint density at radius 3 is 2.75 bits per heavy atom. The number of benzene rings is 2. The Morgan fingerprint density at radius 2 is 1.93 bits per heavy atom. The molecule has 0 unspecified atom stereocenters. The fourth-order valence-electron chi connectivity index (χ4n) is 3.12. The molecule has 6 heteroatoms. The molecule has 0 atom stereocenters. The molecule has 0 saturated carbocycles. The number of Topliss-reactive ketones (excluding diaryl/α,β-unsaturated/α-hetero) is 1. The molecule has 0 spiro atoms. The van der Waals surface area contributed by atoms with E-state index in [2.05, 4.69) is 16.0 Å². The Balaban J connectivity index is 1.68. The number of nitriles is 1. The highest BCUT2D eigenvalue weighted by molar-refractivity contribution is 6.16. The molecule has 0 radical (unpaired) electrons. The second kappa shape index (κ2) is 7.43. The third kappa shape index (κ3) is 3.39. The van der Waals surface area contributed by atoms with Crippen LogP contribution in [0.1, 0.15) is 21.5 Å². The molecule has 1 aliphatic rings. The van der Waals surface area contributed by atoms with Crippen molar-refractivity contribution in [2.45, 2.75) is 0 Å². The molecule has 0 fully saturated rings. The van der Waals surface area contributed by atoms with Crippen LogP contribution in [0.4, 0.5) is 0 Å². The van der Waals surface area contributed by atoms with Gasteiger partial charge in [0.2, 0.25) is 0 Å². The molecule has 2 N–H and O–H groups in total. The second-order valence-corrected chi connectivity index (χ2v) is 6.30. The van der Waals surface area contributed by atoms with Crippen molar-refractivity contribution in [3.05, 3.63) is 77.6 Å². The minimum absolute atomic E-state index is 0.00802. The molecule has 1 aliphatic heterocycles. The van der Waals surface area contributed by atoms with Crippen LogP contribution >= 0.6 is 0 Å². The first-order valence-corrected chi connectivity index (χ1v) is 8.72. The van der Waals surface area contributed by atoms with Crippen LogP contribution in [-0.2, 0) is 0 Å². The topological polar surface area (TPSA) is 101 Å². The maximum Gasteiger partial charge on any atom is 0.184 e. The minimum Gasteiger partial charge on any atom is -0.456 e. The number of nitrogens with two attached hydrogens (primary N) is 1. The van der Waals surface area contributed by atoms with E-state index in [-0.39, 0.29) is 18.9 Å². The van der Waals surface area contributed by atoms with E-state index in [1.165, 1.54) is 0 Å². The molecule has 2 aromatic carbocycles. The molecule has 2 heterocycles. The van der Waals surface area contributed by atoms with Crippen LogP contribution in [0, 0.1) is 11.3 Å². The SMILES string of the molecule is N#Cc1cccc(Oc2cncc(-c3ccc4c(c3)C(CN)=NCC4=O)c2)c1. The number of carbonyl (C=O) groups is 1. The molecule has 0 saturated heterocycles. The monoisotopic (exact) mass is 368 g/mol. The van der Waals surface area contributed by atoms with E-state index in [4.69, 9.17) is 15.7 Å². The Kier molecular flexibility index (Phi) is 4.67. The summed E-state index contributed by atoms with van der Waals surface area (Å²) in [5.74, 6) is 1.10. The average Bonchev–Trinajstić information content (AvgIpc) is 2.74. The first kappa shape index (κ1) is 17.6.